The predicted octanol–water partition coefficient (Wildman–Crippen LogP) is 4.41. The summed E-state index contributed by atoms with van der Waals surface area (Å²) in [7, 11) is 0. The molecular formula is C28H36N2O6. The van der Waals surface area contributed by atoms with E-state index in [-0.39, 0.29) is 18.4 Å². The Balaban J connectivity index is 1.53. The van der Waals surface area contributed by atoms with Gasteiger partial charge in [0.05, 0.1) is 18.4 Å². The molecule has 8 nitrogen and oxygen atoms in total. The summed E-state index contributed by atoms with van der Waals surface area (Å²) >= 11 is 0. The van der Waals surface area contributed by atoms with Crippen LogP contribution in [0.15, 0.2) is 54.6 Å². The molecule has 0 unspecified atom stereocenters. The number of aliphatic carboxylic acids is 1. The number of hydrogen-bond acceptors (Lipinski definition) is 5. The third kappa shape index (κ3) is 8.59. The van der Waals surface area contributed by atoms with E-state index >= 15 is 0 Å². The van der Waals surface area contributed by atoms with Crippen molar-refractivity contribution >= 4 is 18.0 Å². The third-order valence-corrected chi connectivity index (χ3v) is 5.96. The molecule has 1 fully saturated rings. The van der Waals surface area contributed by atoms with Crippen LogP contribution in [0.2, 0.25) is 0 Å². The lowest BCUT2D eigenvalue weighted by atomic mass is 10.0. The second-order valence-corrected chi connectivity index (χ2v) is 10.1. The van der Waals surface area contributed by atoms with Crippen molar-refractivity contribution in [1.29, 1.82) is 0 Å². The Hall–Kier alpha value is -3.55. The van der Waals surface area contributed by atoms with E-state index in [1.54, 1.807) is 4.90 Å². The maximum absolute atomic E-state index is 12.9. The fourth-order valence-electron chi connectivity index (χ4n) is 4.29. The van der Waals surface area contributed by atoms with Gasteiger partial charge in [0.25, 0.3) is 0 Å². The topological polar surface area (TPSA) is 105 Å². The second-order valence-electron chi connectivity index (χ2n) is 10.1. The molecule has 0 radical (unpaired) electrons. The zero-order chi connectivity index (χ0) is 26.1. The number of nitrogens with zero attached hydrogens (tertiary/aromatic N) is 1. The molecule has 0 spiro atoms. The average Bonchev–Trinajstić information content (AvgIpc) is 3.10. The first kappa shape index (κ1) is 27.0. The summed E-state index contributed by atoms with van der Waals surface area (Å²) in [5, 5.41) is 11.9. The molecule has 1 heterocycles. The summed E-state index contributed by atoms with van der Waals surface area (Å²) in [6, 6.07) is 17.3. The first-order valence-electron chi connectivity index (χ1n) is 12.4. The highest BCUT2D eigenvalue weighted by molar-refractivity contribution is 5.85. The van der Waals surface area contributed by atoms with Crippen LogP contribution in [-0.2, 0) is 27.3 Å². The molecule has 3 rings (SSSR count). The minimum Gasteiger partial charge on any atom is -0.491 e. The van der Waals surface area contributed by atoms with Gasteiger partial charge >= 0.3 is 12.1 Å². The first-order chi connectivity index (χ1) is 17.1. The maximum atomic E-state index is 12.9. The van der Waals surface area contributed by atoms with E-state index in [4.69, 9.17) is 9.47 Å². The van der Waals surface area contributed by atoms with Gasteiger partial charge in [0.2, 0.25) is 5.91 Å². The molecule has 2 amide bonds. The van der Waals surface area contributed by atoms with Gasteiger partial charge in [0.15, 0.2) is 0 Å². The molecule has 0 aromatic heterocycles. The Morgan fingerprint density at radius 3 is 2.39 bits per heavy atom. The number of likely N-dealkylation sites (tertiary alicyclic amines) is 1. The van der Waals surface area contributed by atoms with Crippen LogP contribution in [0.25, 0.3) is 0 Å². The van der Waals surface area contributed by atoms with Crippen LogP contribution in [0.5, 0.6) is 5.75 Å². The Kier molecular flexibility index (Phi) is 9.33. The smallest absolute Gasteiger partial charge is 0.407 e. The van der Waals surface area contributed by atoms with E-state index in [2.05, 4.69) is 17.4 Å². The Labute approximate surface area is 212 Å². The quantitative estimate of drug-likeness (QED) is 0.477. The number of nitrogens with one attached hydrogen (secondary N) is 1. The van der Waals surface area contributed by atoms with Crippen molar-refractivity contribution in [2.75, 3.05) is 13.2 Å². The van der Waals surface area contributed by atoms with Gasteiger partial charge in [0.1, 0.15) is 18.0 Å². The van der Waals surface area contributed by atoms with Crippen LogP contribution in [0.4, 0.5) is 4.79 Å². The molecule has 1 aliphatic rings. The van der Waals surface area contributed by atoms with Crippen molar-refractivity contribution in [2.24, 2.45) is 5.92 Å². The molecule has 0 aliphatic carbocycles. The van der Waals surface area contributed by atoms with Crippen molar-refractivity contribution in [2.45, 2.75) is 64.6 Å². The largest absolute Gasteiger partial charge is 0.491 e. The predicted molar refractivity (Wildman–Crippen MR) is 136 cm³/mol. The number of aryl methyl sites for hydroxylation is 1. The highest BCUT2D eigenvalue weighted by Crippen LogP contribution is 2.28. The van der Waals surface area contributed by atoms with Crippen LogP contribution in [-0.4, -0.2) is 52.8 Å². The summed E-state index contributed by atoms with van der Waals surface area (Å²) in [4.78, 5) is 37.8. The summed E-state index contributed by atoms with van der Waals surface area (Å²) in [5.41, 5.74) is 1.55. The minimum absolute atomic E-state index is 0.109. The number of rotatable bonds is 11. The molecule has 1 aliphatic heterocycles. The molecule has 2 aromatic rings. The SMILES string of the molecule is CC(C)(C)OC(=O)NCc1ccc(OC[C@@H]2C[C@@H](CC(=O)O)C(=O)N2CCCc2ccccc2)cc1. The Morgan fingerprint density at radius 1 is 1.06 bits per heavy atom. The zero-order valence-electron chi connectivity index (χ0n) is 21.2. The van der Waals surface area contributed by atoms with Crippen LogP contribution in [0, 0.1) is 5.92 Å². The van der Waals surface area contributed by atoms with Gasteiger partial charge in [-0.15, -0.1) is 0 Å². The number of amides is 2. The summed E-state index contributed by atoms with van der Waals surface area (Å²) in [5.74, 6) is -0.944. The molecule has 8 heteroatoms. The fraction of sp³-hybridized carbons (Fsp3) is 0.464. The zero-order valence-corrected chi connectivity index (χ0v) is 21.2. The van der Waals surface area contributed by atoms with Gasteiger partial charge in [-0.2, -0.15) is 0 Å². The lowest BCUT2D eigenvalue weighted by Gasteiger charge is -2.25. The molecule has 2 atom stereocenters. The molecule has 36 heavy (non-hydrogen) atoms. The molecular weight excluding hydrogens is 460 g/mol. The van der Waals surface area contributed by atoms with E-state index in [9.17, 15) is 19.5 Å². The highest BCUT2D eigenvalue weighted by Gasteiger charge is 2.40. The second kappa shape index (κ2) is 12.4. The van der Waals surface area contributed by atoms with Crippen molar-refractivity contribution < 1.29 is 29.0 Å². The van der Waals surface area contributed by atoms with Gasteiger partial charge in [0, 0.05) is 13.1 Å². The van der Waals surface area contributed by atoms with Crippen LogP contribution < -0.4 is 10.1 Å². The summed E-state index contributed by atoms with van der Waals surface area (Å²) in [6.07, 6.45) is 1.47. The number of carbonyl (C=O) groups is 3. The van der Waals surface area contributed by atoms with Crippen LogP contribution in [0.3, 0.4) is 0 Å². The van der Waals surface area contributed by atoms with Gasteiger partial charge in [-0.05, 0) is 63.3 Å². The number of benzene rings is 2. The highest BCUT2D eigenvalue weighted by atomic mass is 16.6. The van der Waals surface area contributed by atoms with Gasteiger partial charge in [-0.1, -0.05) is 42.5 Å². The van der Waals surface area contributed by atoms with E-state index in [0.29, 0.717) is 31.9 Å². The molecule has 2 aromatic carbocycles. The van der Waals surface area contributed by atoms with Gasteiger partial charge in [-0.3, -0.25) is 9.59 Å². The van der Waals surface area contributed by atoms with Gasteiger partial charge in [-0.25, -0.2) is 4.79 Å². The number of ether oxygens (including phenoxy) is 2. The van der Waals surface area contributed by atoms with Gasteiger partial charge < -0.3 is 24.8 Å². The number of hydrogen-bond donors (Lipinski definition) is 2. The first-order valence-corrected chi connectivity index (χ1v) is 12.4. The summed E-state index contributed by atoms with van der Waals surface area (Å²) in [6.45, 7) is 6.62. The van der Waals surface area contributed by atoms with Crippen molar-refractivity contribution in [3.8, 4) is 5.75 Å². The van der Waals surface area contributed by atoms with E-state index in [1.807, 2.05) is 63.2 Å². The summed E-state index contributed by atoms with van der Waals surface area (Å²) < 4.78 is 11.2. The van der Waals surface area contributed by atoms with Crippen LogP contribution >= 0.6 is 0 Å². The monoisotopic (exact) mass is 496 g/mol. The molecule has 1 saturated heterocycles. The number of carbonyl (C=O) groups excluding carboxylic acids is 2. The molecule has 0 saturated carbocycles. The van der Waals surface area contributed by atoms with Crippen LogP contribution in [0.1, 0.15) is 51.2 Å². The molecule has 0 bridgehead atoms. The van der Waals surface area contributed by atoms with Crippen molar-refractivity contribution in [1.82, 2.24) is 10.2 Å². The van der Waals surface area contributed by atoms with Crippen molar-refractivity contribution in [3.63, 3.8) is 0 Å². The third-order valence-electron chi connectivity index (χ3n) is 5.96. The molecule has 2 N–H and O–H groups in total. The number of carboxylic acid groups (broad SMARTS) is 1. The van der Waals surface area contributed by atoms with Crippen molar-refractivity contribution in [3.05, 3.63) is 65.7 Å². The number of carboxylic acids is 1. The lowest BCUT2D eigenvalue weighted by Crippen LogP contribution is -2.38. The maximum Gasteiger partial charge on any atom is 0.407 e. The van der Waals surface area contributed by atoms with E-state index in [1.165, 1.54) is 5.56 Å². The fourth-order valence-corrected chi connectivity index (χ4v) is 4.29. The average molecular weight is 497 g/mol. The molecule has 194 valence electrons. The lowest BCUT2D eigenvalue weighted by molar-refractivity contribution is -0.142. The minimum atomic E-state index is -0.963. The van der Waals surface area contributed by atoms with E-state index < -0.39 is 23.6 Å². The Bertz CT molecular complexity index is 1020. The standard InChI is InChI=1S/C28H36N2O6/c1-28(2,3)36-27(34)29-18-21-11-13-24(14-12-21)35-19-23-16-22(17-25(31)32)26(33)30(23)15-7-10-20-8-5-4-6-9-20/h4-6,8-9,11-14,22-23H,7,10,15-19H2,1-3H3,(H,29,34)(H,31,32)/t22-,23-/m0/s1. The Morgan fingerprint density at radius 2 is 1.75 bits per heavy atom. The number of alkyl carbamates (subject to hydrolysis) is 1. The van der Waals surface area contributed by atoms with E-state index in [0.717, 1.165) is 18.4 Å². The normalized spacial score (nSPS) is 17.6.